The van der Waals surface area contributed by atoms with Gasteiger partial charge < -0.3 is 46.9 Å². The van der Waals surface area contributed by atoms with Crippen LogP contribution in [0.5, 0.6) is 0 Å². The topological polar surface area (TPSA) is 258 Å². The summed E-state index contributed by atoms with van der Waals surface area (Å²) in [5.74, 6) is -3.56. The van der Waals surface area contributed by atoms with Crippen molar-refractivity contribution in [1.29, 1.82) is 0 Å². The Bertz CT molecular complexity index is 1540. The van der Waals surface area contributed by atoms with E-state index in [-0.39, 0.29) is 44.2 Å². The molecule has 0 saturated carbocycles. The van der Waals surface area contributed by atoms with E-state index in [4.69, 9.17) is 10.2 Å². The van der Waals surface area contributed by atoms with Gasteiger partial charge in [0.1, 0.15) is 12.6 Å². The Labute approximate surface area is 373 Å². The molecule has 0 aromatic heterocycles. The van der Waals surface area contributed by atoms with Gasteiger partial charge in [0, 0.05) is 38.4 Å². The molecule has 0 fully saturated rings. The number of carboxylic acid groups (broad SMARTS) is 2. The van der Waals surface area contributed by atoms with Crippen LogP contribution in [0.4, 0.5) is 10.5 Å². The number of aliphatic carboxylic acids is 1. The first-order valence-corrected chi connectivity index (χ1v) is 21.8. The average molecular weight is 893 g/mol. The maximum Gasteiger partial charge on any atom is 0.506 e. The van der Waals surface area contributed by atoms with E-state index < -0.39 is 54.9 Å². The van der Waals surface area contributed by atoms with Gasteiger partial charge in [0.05, 0.1) is 19.6 Å². The lowest BCUT2D eigenvalue weighted by Gasteiger charge is -2.19. The first-order chi connectivity index (χ1) is 29.6. The minimum absolute atomic E-state index is 0.110. The Hall–Kier alpha value is -5.65. The SMILES string of the molecule is CC(=O)NCCCCCC(=O)NCC(=O)NCC(=O)NC(Cc1ccccc1)C(=O)NCC(=O)Nc1ccc(COC(=O)O)cc1.CCC(=O)O.CCCC.CCCCC.CS. The fourth-order valence-corrected chi connectivity index (χ4v) is 4.34. The molecule has 2 rings (SSSR count). The number of rotatable bonds is 23. The Kier molecular flexibility index (Phi) is 41.1. The van der Waals surface area contributed by atoms with Gasteiger partial charge in [-0.25, -0.2) is 4.79 Å². The number of carbonyl (C=O) groups is 8. The fraction of sp³-hybridized carbons (Fsp3) is 0.545. The van der Waals surface area contributed by atoms with Crippen molar-refractivity contribution in [3.63, 3.8) is 0 Å². The molecule has 6 amide bonds. The van der Waals surface area contributed by atoms with Crippen LogP contribution < -0.4 is 31.9 Å². The molecule has 0 bridgehead atoms. The predicted octanol–water partition coefficient (Wildman–Crippen LogP) is 5.62. The normalized spacial score (nSPS) is 9.94. The molecule has 2 aromatic carbocycles. The Morgan fingerprint density at radius 2 is 1.16 bits per heavy atom. The Morgan fingerprint density at radius 3 is 1.66 bits per heavy atom. The highest BCUT2D eigenvalue weighted by atomic mass is 32.1. The minimum atomic E-state index is -1.40. The summed E-state index contributed by atoms with van der Waals surface area (Å²) in [7, 11) is 0. The lowest BCUT2D eigenvalue weighted by atomic mass is 10.1. The van der Waals surface area contributed by atoms with Crippen LogP contribution in [0.3, 0.4) is 0 Å². The predicted molar refractivity (Wildman–Crippen MR) is 245 cm³/mol. The minimum Gasteiger partial charge on any atom is -0.481 e. The van der Waals surface area contributed by atoms with E-state index in [1.165, 1.54) is 39.0 Å². The van der Waals surface area contributed by atoms with Crippen LogP contribution >= 0.6 is 12.6 Å². The number of ether oxygens (including phenoxy) is 1. The van der Waals surface area contributed by atoms with Gasteiger partial charge in [0.15, 0.2) is 0 Å². The van der Waals surface area contributed by atoms with E-state index in [1.807, 2.05) is 0 Å². The number of benzene rings is 2. The number of carboxylic acids is 1. The van der Waals surface area contributed by atoms with Crippen molar-refractivity contribution in [2.45, 2.75) is 125 Å². The van der Waals surface area contributed by atoms with Gasteiger partial charge in [-0.1, -0.05) is 116 Å². The van der Waals surface area contributed by atoms with Crippen molar-refractivity contribution < 1.29 is 53.3 Å². The molecule has 1 atom stereocenters. The number of nitrogens with one attached hydrogen (secondary N) is 6. The lowest BCUT2D eigenvalue weighted by molar-refractivity contribution is -0.136. The molecule has 350 valence electrons. The summed E-state index contributed by atoms with van der Waals surface area (Å²) in [5.41, 5.74) is 1.75. The molecule has 0 aliphatic carbocycles. The van der Waals surface area contributed by atoms with Gasteiger partial charge in [-0.2, -0.15) is 12.6 Å². The van der Waals surface area contributed by atoms with Gasteiger partial charge in [-0.05, 0) is 42.4 Å². The van der Waals surface area contributed by atoms with Gasteiger partial charge >= 0.3 is 12.1 Å². The van der Waals surface area contributed by atoms with Crippen molar-refractivity contribution in [3.8, 4) is 0 Å². The summed E-state index contributed by atoms with van der Waals surface area (Å²) in [6, 6.07) is 14.1. The van der Waals surface area contributed by atoms with Crippen LogP contribution in [0.2, 0.25) is 0 Å². The molecule has 0 spiro atoms. The highest BCUT2D eigenvalue weighted by molar-refractivity contribution is 7.79. The number of unbranched alkanes of at least 4 members (excludes halogenated alkanes) is 5. The number of thiol groups is 1. The van der Waals surface area contributed by atoms with E-state index in [0.29, 0.717) is 24.2 Å². The van der Waals surface area contributed by atoms with Crippen molar-refractivity contribution in [2.75, 3.05) is 37.8 Å². The summed E-state index contributed by atoms with van der Waals surface area (Å²) >= 11 is 3.53. The lowest BCUT2D eigenvalue weighted by Crippen LogP contribution is -2.52. The first kappa shape index (κ1) is 60.7. The molecule has 17 nitrogen and oxygen atoms in total. The number of anilines is 1. The summed E-state index contributed by atoms with van der Waals surface area (Å²) in [4.78, 5) is 92.8. The zero-order chi connectivity index (χ0) is 47.6. The third kappa shape index (κ3) is 39.8. The maximum absolute atomic E-state index is 13.0. The third-order valence-corrected chi connectivity index (χ3v) is 7.81. The van der Waals surface area contributed by atoms with Crippen LogP contribution in [0.1, 0.15) is 117 Å². The van der Waals surface area contributed by atoms with Crippen molar-refractivity contribution in [3.05, 3.63) is 65.7 Å². The number of carbonyl (C=O) groups excluding carboxylic acids is 6. The molecular formula is C44H72N6O11S. The van der Waals surface area contributed by atoms with Crippen LogP contribution in [0, 0.1) is 0 Å². The summed E-state index contributed by atoms with van der Waals surface area (Å²) in [6.07, 6.45) is 9.65. The molecule has 2 aromatic rings. The highest BCUT2D eigenvalue weighted by Crippen LogP contribution is 2.10. The van der Waals surface area contributed by atoms with Crippen molar-refractivity contribution in [1.82, 2.24) is 26.6 Å². The van der Waals surface area contributed by atoms with Crippen molar-refractivity contribution in [2.24, 2.45) is 0 Å². The second kappa shape index (κ2) is 42.1. The van der Waals surface area contributed by atoms with Crippen LogP contribution in [-0.2, 0) is 51.3 Å². The molecule has 0 saturated heterocycles. The molecule has 1 unspecified atom stereocenters. The zero-order valence-corrected chi connectivity index (χ0v) is 38.5. The fourth-order valence-electron chi connectivity index (χ4n) is 4.34. The number of hydrogen-bond acceptors (Lipinski definition) is 10. The van der Waals surface area contributed by atoms with E-state index in [9.17, 15) is 38.4 Å². The van der Waals surface area contributed by atoms with Gasteiger partial charge in [0.25, 0.3) is 0 Å². The highest BCUT2D eigenvalue weighted by Gasteiger charge is 2.22. The smallest absolute Gasteiger partial charge is 0.481 e. The van der Waals surface area contributed by atoms with E-state index in [0.717, 1.165) is 18.4 Å². The third-order valence-electron chi connectivity index (χ3n) is 7.81. The monoisotopic (exact) mass is 892 g/mol. The average Bonchev–Trinajstić information content (AvgIpc) is 3.26. The maximum atomic E-state index is 13.0. The summed E-state index contributed by atoms with van der Waals surface area (Å²) < 4.78 is 4.49. The first-order valence-electron chi connectivity index (χ1n) is 20.9. The van der Waals surface area contributed by atoms with Crippen LogP contribution in [0.15, 0.2) is 54.6 Å². The standard InChI is InChI=1S/C31H40N6O9.C5H12.C4H10.C3H6O2.CH4S/c1-21(38)32-15-7-3-6-10-26(39)33-17-27(40)34-18-29(42)37-25(16-22-8-4-2-5-9-22)30(43)35-19-28(41)36-24-13-11-23(12-14-24)20-46-31(44)45;1-3-5-4-2;1-3-4-2;1-2-3(4)5;1-2/h2,4-5,8-9,11-14,25H,3,6-7,10,15-20H2,1H3,(H,32,38)(H,33,39)(H,34,40)(H,35,43)(H,36,41)(H,37,42)(H,44,45);3-5H2,1-2H3;3-4H2,1-2H3;2H2,1H3,(H,4,5);2H,1H3. The molecule has 0 aliphatic rings. The van der Waals surface area contributed by atoms with E-state index in [2.05, 4.69) is 77.0 Å². The Morgan fingerprint density at radius 1 is 0.613 bits per heavy atom. The largest absolute Gasteiger partial charge is 0.506 e. The number of hydrogen-bond donors (Lipinski definition) is 9. The second-order valence-electron chi connectivity index (χ2n) is 13.3. The molecule has 62 heavy (non-hydrogen) atoms. The molecule has 18 heteroatoms. The molecule has 0 radical (unpaired) electrons. The van der Waals surface area contributed by atoms with E-state index in [1.54, 1.807) is 67.8 Å². The van der Waals surface area contributed by atoms with E-state index >= 15 is 0 Å². The van der Waals surface area contributed by atoms with Crippen molar-refractivity contribution >= 4 is 65.9 Å². The molecule has 0 aliphatic heterocycles. The van der Waals surface area contributed by atoms with Gasteiger partial charge in [-0.3, -0.25) is 33.6 Å². The molecular weight excluding hydrogens is 821 g/mol. The van der Waals surface area contributed by atoms with Crippen LogP contribution in [-0.4, -0.2) is 96.3 Å². The summed E-state index contributed by atoms with van der Waals surface area (Å²) in [6.45, 7) is 11.1. The van der Waals surface area contributed by atoms with Crippen LogP contribution in [0.25, 0.3) is 0 Å². The quantitative estimate of drug-likeness (QED) is 0.0376. The Balaban J connectivity index is -0.00000186. The second-order valence-corrected chi connectivity index (χ2v) is 13.3. The summed E-state index contributed by atoms with van der Waals surface area (Å²) in [5, 5.41) is 31.5. The zero-order valence-electron chi connectivity index (χ0n) is 37.6. The van der Waals surface area contributed by atoms with Gasteiger partial charge in [-0.15, -0.1) is 0 Å². The van der Waals surface area contributed by atoms with Gasteiger partial charge in [0.2, 0.25) is 35.4 Å². The molecule has 8 N–H and O–H groups in total. The molecule has 0 heterocycles. The number of amides is 6.